The molecule has 7 nitrogen and oxygen atoms in total. The molecule has 1 amide bonds. The van der Waals surface area contributed by atoms with E-state index in [9.17, 15) is 14.9 Å². The van der Waals surface area contributed by atoms with Gasteiger partial charge < -0.3 is 5.32 Å². The number of nitrogens with zero attached hydrogens (tertiary/aromatic N) is 4. The number of rotatable bonds is 2. The number of nitrogens with one attached hydrogen (secondary N) is 1. The summed E-state index contributed by atoms with van der Waals surface area (Å²) >= 11 is 0. The number of pyridine rings is 1. The van der Waals surface area contributed by atoms with Crippen LogP contribution in [0.2, 0.25) is 0 Å². The van der Waals surface area contributed by atoms with Crippen molar-refractivity contribution in [1.82, 2.24) is 14.8 Å². The van der Waals surface area contributed by atoms with Gasteiger partial charge in [0.15, 0.2) is 5.78 Å². The van der Waals surface area contributed by atoms with Gasteiger partial charge in [0.2, 0.25) is 0 Å². The van der Waals surface area contributed by atoms with Crippen molar-refractivity contribution in [3.05, 3.63) is 89.5 Å². The summed E-state index contributed by atoms with van der Waals surface area (Å²) in [5.74, 6) is -0.495. The molecule has 0 aliphatic heterocycles. The first kappa shape index (κ1) is 19.9. The number of amides is 1. The van der Waals surface area contributed by atoms with Crippen molar-refractivity contribution >= 4 is 17.5 Å². The highest BCUT2D eigenvalue weighted by Crippen LogP contribution is 2.53. The molecule has 3 atom stereocenters. The van der Waals surface area contributed by atoms with Crippen molar-refractivity contribution in [1.29, 1.82) is 5.26 Å². The Morgan fingerprint density at radius 1 is 1.25 bits per heavy atom. The Hall–Kier alpha value is -4.05. The highest BCUT2D eigenvalue weighted by Gasteiger charge is 2.53. The largest absolute Gasteiger partial charge is 0.346 e. The number of nitriles is 1. The molecule has 2 heterocycles. The zero-order valence-electron chi connectivity index (χ0n) is 17.5. The lowest BCUT2D eigenvalue weighted by atomic mass is 9.54. The van der Waals surface area contributed by atoms with Crippen molar-refractivity contribution in [3.8, 4) is 6.07 Å². The van der Waals surface area contributed by atoms with E-state index in [2.05, 4.69) is 16.4 Å². The third-order valence-corrected chi connectivity index (χ3v) is 6.64. The number of carbonyl (C=O) groups is 2. The van der Waals surface area contributed by atoms with Crippen molar-refractivity contribution in [2.24, 2.45) is 11.8 Å². The number of fused-ring (bicyclic) bond motifs is 3. The Kier molecular flexibility index (Phi) is 4.71. The van der Waals surface area contributed by atoms with E-state index in [4.69, 9.17) is 5.10 Å². The maximum atomic E-state index is 12.9. The maximum absolute atomic E-state index is 12.9. The van der Waals surface area contributed by atoms with Crippen LogP contribution < -0.4 is 5.32 Å². The Balaban J connectivity index is 1.67. The molecule has 2 aliphatic carbocycles. The van der Waals surface area contributed by atoms with E-state index < -0.39 is 11.4 Å². The van der Waals surface area contributed by atoms with Crippen molar-refractivity contribution in [2.75, 3.05) is 5.32 Å². The fourth-order valence-electron chi connectivity index (χ4n) is 5.16. The van der Waals surface area contributed by atoms with Gasteiger partial charge in [-0.25, -0.2) is 4.79 Å². The highest BCUT2D eigenvalue weighted by molar-refractivity contribution is 6.02. The minimum absolute atomic E-state index is 0.0493. The summed E-state index contributed by atoms with van der Waals surface area (Å²) in [6.07, 6.45) is 8.21. The molecular formula is C25H21N5O2. The summed E-state index contributed by atoms with van der Waals surface area (Å²) in [5, 5.41) is 17.2. The lowest BCUT2D eigenvalue weighted by Crippen LogP contribution is -2.48. The molecule has 0 unspecified atom stereocenters. The molecule has 0 saturated carbocycles. The second-order valence-electron chi connectivity index (χ2n) is 8.32. The van der Waals surface area contributed by atoms with Gasteiger partial charge in [-0.3, -0.25) is 9.78 Å². The number of hydrogen-bond acceptors (Lipinski definition) is 5. The van der Waals surface area contributed by atoms with Crippen LogP contribution in [-0.2, 0) is 16.6 Å². The fraction of sp³-hybridized carbons (Fsp3) is 0.240. The van der Waals surface area contributed by atoms with Gasteiger partial charge in [-0.2, -0.15) is 15.0 Å². The summed E-state index contributed by atoms with van der Waals surface area (Å²) < 4.78 is 1.31. The van der Waals surface area contributed by atoms with Crippen LogP contribution in [-0.4, -0.2) is 26.6 Å². The molecule has 0 spiro atoms. The first-order valence-corrected chi connectivity index (χ1v) is 10.6. The van der Waals surface area contributed by atoms with Gasteiger partial charge in [0.05, 0.1) is 28.6 Å². The number of hydrogen-bond donors (Lipinski definition) is 1. The van der Waals surface area contributed by atoms with Crippen LogP contribution >= 0.6 is 0 Å². The van der Waals surface area contributed by atoms with Gasteiger partial charge in [0.25, 0.3) is 0 Å². The van der Waals surface area contributed by atoms with Crippen molar-refractivity contribution in [2.45, 2.75) is 25.2 Å². The van der Waals surface area contributed by atoms with Gasteiger partial charge >= 0.3 is 6.03 Å². The van der Waals surface area contributed by atoms with Gasteiger partial charge in [0, 0.05) is 18.3 Å². The Morgan fingerprint density at radius 3 is 2.78 bits per heavy atom. The predicted octanol–water partition coefficient (Wildman–Crippen LogP) is 3.88. The van der Waals surface area contributed by atoms with E-state index in [1.54, 1.807) is 36.8 Å². The van der Waals surface area contributed by atoms with Gasteiger partial charge in [-0.05, 0) is 48.1 Å². The summed E-state index contributed by atoms with van der Waals surface area (Å²) in [5.41, 5.74) is 2.63. The third kappa shape index (κ3) is 2.95. The molecule has 1 N–H and O–H groups in total. The lowest BCUT2D eigenvalue weighted by Gasteiger charge is -2.46. The van der Waals surface area contributed by atoms with Crippen LogP contribution in [0.3, 0.4) is 0 Å². The molecule has 5 rings (SSSR count). The van der Waals surface area contributed by atoms with E-state index in [0.29, 0.717) is 12.1 Å². The molecule has 32 heavy (non-hydrogen) atoms. The minimum atomic E-state index is -0.743. The summed E-state index contributed by atoms with van der Waals surface area (Å²) in [6.45, 7) is 1.89. The first-order valence-electron chi connectivity index (χ1n) is 10.6. The average molecular weight is 423 g/mol. The van der Waals surface area contributed by atoms with Crippen LogP contribution in [0.15, 0.2) is 72.7 Å². The number of ketones is 1. The van der Waals surface area contributed by atoms with E-state index in [1.165, 1.54) is 4.68 Å². The molecular weight excluding hydrogens is 402 g/mol. The topological polar surface area (TPSA) is 101 Å². The van der Waals surface area contributed by atoms with E-state index in [0.717, 1.165) is 23.2 Å². The van der Waals surface area contributed by atoms with Gasteiger partial charge in [-0.15, -0.1) is 0 Å². The molecule has 7 heteroatoms. The van der Waals surface area contributed by atoms with E-state index >= 15 is 0 Å². The predicted molar refractivity (Wildman–Crippen MR) is 118 cm³/mol. The first-order chi connectivity index (χ1) is 15.5. The Labute approximate surface area is 185 Å². The molecule has 0 saturated heterocycles. The number of Topliss-reactive ketones (excluding diaryl/α,β-unsaturated/α-hetero) is 1. The molecule has 1 aromatic carbocycles. The number of allylic oxidation sites excluding steroid dienone is 2. The van der Waals surface area contributed by atoms with Crippen molar-refractivity contribution in [3.63, 3.8) is 0 Å². The third-order valence-electron chi connectivity index (χ3n) is 6.64. The SMILES string of the molecule is C[C@@H]1C(=O)C(C#N)=C[C@]2(c3ccccc3)c3nn(C(=O)Nc4cccnc4)cc3CC[C@@H]12. The zero-order chi connectivity index (χ0) is 22.3. The second kappa shape index (κ2) is 7.57. The van der Waals surface area contributed by atoms with Crippen LogP contribution in [0.25, 0.3) is 0 Å². The molecule has 2 aliphatic rings. The van der Waals surface area contributed by atoms with Crippen LogP contribution in [0.4, 0.5) is 10.5 Å². The van der Waals surface area contributed by atoms with Crippen molar-refractivity contribution < 1.29 is 9.59 Å². The lowest BCUT2D eigenvalue weighted by molar-refractivity contribution is -0.121. The second-order valence-corrected chi connectivity index (χ2v) is 8.32. The summed E-state index contributed by atoms with van der Waals surface area (Å²) in [7, 11) is 0. The Bertz CT molecular complexity index is 1270. The molecule has 0 fully saturated rings. The summed E-state index contributed by atoms with van der Waals surface area (Å²) in [4.78, 5) is 29.8. The van der Waals surface area contributed by atoms with E-state index in [-0.39, 0.29) is 23.2 Å². The average Bonchev–Trinajstić information content (AvgIpc) is 3.28. The highest BCUT2D eigenvalue weighted by atomic mass is 16.2. The van der Waals surface area contributed by atoms with Gasteiger partial charge in [-0.1, -0.05) is 37.3 Å². The normalized spacial score (nSPS) is 24.0. The molecule has 3 aromatic rings. The number of aryl methyl sites for hydroxylation is 1. The summed E-state index contributed by atoms with van der Waals surface area (Å²) in [6, 6.07) is 15.0. The smallest absolute Gasteiger partial charge is 0.305 e. The monoisotopic (exact) mass is 423 g/mol. The molecule has 0 radical (unpaired) electrons. The Morgan fingerprint density at radius 2 is 2.06 bits per heavy atom. The standard InChI is InChI=1S/C25H21N5O2/c1-16-21-10-9-17-15-30(24(32)28-20-8-5-11-27-14-20)29-23(17)25(21,12-18(13-26)22(16)31)19-6-3-2-4-7-19/h2-8,11-12,14-16,21H,9-10H2,1H3,(H,28,32)/t16-,21-,25+/m0/s1. The zero-order valence-corrected chi connectivity index (χ0v) is 17.5. The molecule has 2 aromatic heterocycles. The number of benzene rings is 1. The fourth-order valence-corrected chi connectivity index (χ4v) is 5.16. The van der Waals surface area contributed by atoms with Crippen LogP contribution in [0.1, 0.15) is 30.2 Å². The van der Waals surface area contributed by atoms with Crippen LogP contribution in [0, 0.1) is 23.2 Å². The number of anilines is 1. The molecule has 158 valence electrons. The molecule has 0 bridgehead atoms. The number of carbonyl (C=O) groups excluding carboxylic acids is 2. The minimum Gasteiger partial charge on any atom is -0.305 e. The van der Waals surface area contributed by atoms with Crippen LogP contribution in [0.5, 0.6) is 0 Å². The van der Waals surface area contributed by atoms with Gasteiger partial charge in [0.1, 0.15) is 6.07 Å². The quantitative estimate of drug-likeness (QED) is 0.674. The van der Waals surface area contributed by atoms with E-state index in [1.807, 2.05) is 37.3 Å². The number of aromatic nitrogens is 3. The maximum Gasteiger partial charge on any atom is 0.346 e.